The lowest BCUT2D eigenvalue weighted by atomic mass is 9.46. The van der Waals surface area contributed by atoms with E-state index < -0.39 is 89.0 Å². The van der Waals surface area contributed by atoms with Crippen molar-refractivity contribution in [2.24, 2.45) is 11.3 Å². The summed E-state index contributed by atoms with van der Waals surface area (Å²) in [6.45, 7) is 7.77. The van der Waals surface area contributed by atoms with E-state index in [0.29, 0.717) is 0 Å². The first kappa shape index (κ1) is 34.1. The fourth-order valence-electron chi connectivity index (χ4n) is 7.97. The second kappa shape index (κ2) is 12.4. The van der Waals surface area contributed by atoms with Crippen LogP contribution in [0.3, 0.4) is 0 Å². The minimum Gasteiger partial charge on any atom is -0.465 e. The molecule has 1 aliphatic heterocycles. The Morgan fingerprint density at radius 3 is 1.79 bits per heavy atom. The molecule has 2 saturated carbocycles. The zero-order valence-corrected chi connectivity index (χ0v) is 27.2. The number of hydrogen-bond donors (Lipinski definition) is 1. The van der Waals surface area contributed by atoms with Gasteiger partial charge in [-0.15, -0.1) is 0 Å². The molecule has 2 aromatic rings. The number of rotatable bonds is 8. The first-order chi connectivity index (χ1) is 22.1. The molecule has 2 bridgehead atoms. The fraction of sp³-hybridized carbons (Fsp3) is 0.514. The molecule has 1 spiro atoms. The van der Waals surface area contributed by atoms with Crippen LogP contribution in [0.15, 0.2) is 60.7 Å². The first-order valence-electron chi connectivity index (χ1n) is 15.5. The van der Waals surface area contributed by atoms with E-state index in [2.05, 4.69) is 0 Å². The molecule has 0 amide bonds. The minimum atomic E-state index is -2.05. The molecule has 2 aliphatic carbocycles. The molecule has 1 heterocycles. The maximum absolute atomic E-state index is 13.7. The Hall–Kier alpha value is -4.29. The topological polar surface area (TPSA) is 161 Å². The molecule has 252 valence electrons. The number of hydrogen-bond acceptors (Lipinski definition) is 12. The molecule has 0 aromatic heterocycles. The van der Waals surface area contributed by atoms with Crippen LogP contribution in [0.2, 0.25) is 0 Å². The van der Waals surface area contributed by atoms with Crippen molar-refractivity contribution in [2.45, 2.75) is 95.6 Å². The van der Waals surface area contributed by atoms with Gasteiger partial charge in [-0.25, -0.2) is 9.59 Å². The highest BCUT2D eigenvalue weighted by atomic mass is 16.6. The van der Waals surface area contributed by atoms with Crippen LogP contribution in [-0.4, -0.2) is 82.8 Å². The molecular formula is C35H40O12. The Balaban J connectivity index is 1.79. The second-order valence-electron chi connectivity index (χ2n) is 13.2. The van der Waals surface area contributed by atoms with Crippen LogP contribution < -0.4 is 0 Å². The summed E-state index contributed by atoms with van der Waals surface area (Å²) in [5.74, 6) is -4.44. The molecule has 12 heteroatoms. The second-order valence-corrected chi connectivity index (χ2v) is 13.2. The van der Waals surface area contributed by atoms with Gasteiger partial charge in [0, 0.05) is 33.1 Å². The largest absolute Gasteiger partial charge is 0.465 e. The number of fused-ring (bicyclic) bond motifs is 1. The maximum Gasteiger partial charge on any atom is 0.338 e. The predicted octanol–water partition coefficient (Wildman–Crippen LogP) is 3.57. The summed E-state index contributed by atoms with van der Waals surface area (Å²) in [4.78, 5) is 65.2. The SMILES string of the molecule is CC(=O)OCC12C(OC(=O)c3ccccc3)CC3C(OC(=O)c4ccccc4)C1(OC3(C)C)C(C)(O)CC(OC(C)=O)C2OC(C)=O. The quantitative estimate of drug-likeness (QED) is 0.327. The van der Waals surface area contributed by atoms with E-state index in [-0.39, 0.29) is 24.0 Å². The molecule has 12 nitrogen and oxygen atoms in total. The number of aliphatic hydroxyl groups is 1. The van der Waals surface area contributed by atoms with Crippen LogP contribution >= 0.6 is 0 Å². The highest BCUT2D eigenvalue weighted by molar-refractivity contribution is 5.90. The van der Waals surface area contributed by atoms with Gasteiger partial charge < -0.3 is 33.5 Å². The van der Waals surface area contributed by atoms with Crippen molar-refractivity contribution in [3.63, 3.8) is 0 Å². The molecule has 8 atom stereocenters. The van der Waals surface area contributed by atoms with Gasteiger partial charge >= 0.3 is 29.8 Å². The van der Waals surface area contributed by atoms with Crippen LogP contribution in [-0.2, 0) is 42.8 Å². The number of esters is 5. The summed E-state index contributed by atoms with van der Waals surface area (Å²) in [5.41, 5.74) is -6.77. The average Bonchev–Trinajstić information content (AvgIpc) is 3.17. The highest BCUT2D eigenvalue weighted by Crippen LogP contribution is 2.69. The van der Waals surface area contributed by atoms with Crippen LogP contribution in [0, 0.1) is 11.3 Å². The van der Waals surface area contributed by atoms with Crippen molar-refractivity contribution in [1.29, 1.82) is 0 Å². The Morgan fingerprint density at radius 2 is 1.28 bits per heavy atom. The Labute approximate surface area is 272 Å². The van der Waals surface area contributed by atoms with Crippen LogP contribution in [0.5, 0.6) is 0 Å². The average molecular weight is 653 g/mol. The van der Waals surface area contributed by atoms with Crippen LogP contribution in [0.25, 0.3) is 0 Å². The summed E-state index contributed by atoms with van der Waals surface area (Å²) < 4.78 is 36.7. The zero-order chi connectivity index (χ0) is 34.4. The molecule has 8 unspecified atom stereocenters. The summed E-state index contributed by atoms with van der Waals surface area (Å²) in [5, 5.41) is 12.6. The summed E-state index contributed by atoms with van der Waals surface area (Å²) in [7, 11) is 0. The summed E-state index contributed by atoms with van der Waals surface area (Å²) in [6, 6.07) is 16.4. The summed E-state index contributed by atoms with van der Waals surface area (Å²) >= 11 is 0. The smallest absolute Gasteiger partial charge is 0.338 e. The minimum absolute atomic E-state index is 0.0397. The van der Waals surface area contributed by atoms with E-state index in [0.717, 1.165) is 20.8 Å². The number of benzene rings is 2. The molecular weight excluding hydrogens is 612 g/mol. The van der Waals surface area contributed by atoms with E-state index in [1.54, 1.807) is 74.5 Å². The van der Waals surface area contributed by atoms with E-state index >= 15 is 0 Å². The highest BCUT2D eigenvalue weighted by Gasteiger charge is 2.86. The predicted molar refractivity (Wildman–Crippen MR) is 163 cm³/mol. The van der Waals surface area contributed by atoms with E-state index in [1.165, 1.54) is 6.92 Å². The lowest BCUT2D eigenvalue weighted by Crippen LogP contribution is -2.83. The molecule has 3 aliphatic rings. The molecule has 0 radical (unpaired) electrons. The van der Waals surface area contributed by atoms with Gasteiger partial charge in [0.15, 0.2) is 11.7 Å². The molecule has 1 N–H and O–H groups in total. The lowest BCUT2D eigenvalue weighted by molar-refractivity contribution is -0.354. The molecule has 1 saturated heterocycles. The van der Waals surface area contributed by atoms with Crippen molar-refractivity contribution in [3.05, 3.63) is 71.8 Å². The third kappa shape index (κ3) is 5.78. The lowest BCUT2D eigenvalue weighted by Gasteiger charge is -2.65. The number of ether oxygens (including phenoxy) is 6. The normalized spacial score (nSPS) is 33.5. The molecule has 5 rings (SSSR count). The monoisotopic (exact) mass is 652 g/mol. The van der Waals surface area contributed by atoms with Crippen molar-refractivity contribution in [2.75, 3.05) is 6.61 Å². The first-order valence-corrected chi connectivity index (χ1v) is 15.5. The standard InChI is InChI=1S/C35H40O12/c1-20(36)42-19-34-27(45-30(39)23-13-9-7-10-14-23)17-25-28(46-31(40)24-15-11-8-12-16-24)35(34,47-32(25,4)5)33(6,41)18-26(43-21(2)37)29(34)44-22(3)38/h7-16,25-29,41H,17-19H2,1-6H3. The summed E-state index contributed by atoms with van der Waals surface area (Å²) in [6.07, 6.45) is -5.75. The van der Waals surface area contributed by atoms with Gasteiger partial charge in [-0.2, -0.15) is 0 Å². The van der Waals surface area contributed by atoms with Gasteiger partial charge in [0.1, 0.15) is 30.3 Å². The Kier molecular flexibility index (Phi) is 8.97. The number of carbonyl (C=O) groups is 5. The molecule has 3 fully saturated rings. The van der Waals surface area contributed by atoms with Gasteiger partial charge in [0.25, 0.3) is 0 Å². The van der Waals surface area contributed by atoms with Crippen molar-refractivity contribution in [1.82, 2.24) is 0 Å². The van der Waals surface area contributed by atoms with Gasteiger partial charge in [0.05, 0.1) is 22.3 Å². The van der Waals surface area contributed by atoms with Gasteiger partial charge in [-0.3, -0.25) is 14.4 Å². The zero-order valence-electron chi connectivity index (χ0n) is 27.2. The van der Waals surface area contributed by atoms with E-state index in [9.17, 15) is 29.1 Å². The third-order valence-corrected chi connectivity index (χ3v) is 9.69. The van der Waals surface area contributed by atoms with Gasteiger partial charge in [-0.05, 0) is 51.5 Å². The van der Waals surface area contributed by atoms with Gasteiger partial charge in [0.2, 0.25) is 0 Å². The third-order valence-electron chi connectivity index (χ3n) is 9.69. The Morgan fingerprint density at radius 1 is 0.745 bits per heavy atom. The van der Waals surface area contributed by atoms with Crippen LogP contribution in [0.4, 0.5) is 0 Å². The molecule has 2 aromatic carbocycles. The van der Waals surface area contributed by atoms with Crippen LogP contribution in [0.1, 0.15) is 75.1 Å². The molecule has 47 heavy (non-hydrogen) atoms. The van der Waals surface area contributed by atoms with Crippen molar-refractivity contribution >= 4 is 29.8 Å². The van der Waals surface area contributed by atoms with E-state index in [4.69, 9.17) is 28.4 Å². The maximum atomic E-state index is 13.7. The van der Waals surface area contributed by atoms with Crippen molar-refractivity contribution in [3.8, 4) is 0 Å². The fourth-order valence-corrected chi connectivity index (χ4v) is 7.97. The van der Waals surface area contributed by atoms with Crippen molar-refractivity contribution < 1.29 is 57.5 Å². The number of carbonyl (C=O) groups excluding carboxylic acids is 5. The van der Waals surface area contributed by atoms with Gasteiger partial charge in [-0.1, -0.05) is 36.4 Å². The Bertz CT molecular complexity index is 1540. The van der Waals surface area contributed by atoms with E-state index in [1.807, 2.05) is 0 Å².